The highest BCUT2D eigenvalue weighted by atomic mass is 16.5. The van der Waals surface area contributed by atoms with Gasteiger partial charge in [0.25, 0.3) is 17.7 Å². The van der Waals surface area contributed by atoms with Crippen LogP contribution in [0.25, 0.3) is 0 Å². The van der Waals surface area contributed by atoms with Crippen LogP contribution < -0.4 is 16.0 Å². The fourth-order valence-electron chi connectivity index (χ4n) is 3.75. The number of ether oxygens (including phenoxy) is 1. The normalized spacial score (nSPS) is 14.9. The molecule has 7 nitrogen and oxygen atoms in total. The largest absolute Gasteiger partial charge is 0.368 e. The minimum Gasteiger partial charge on any atom is -0.368 e. The van der Waals surface area contributed by atoms with Gasteiger partial charge in [-0.2, -0.15) is 0 Å². The Morgan fingerprint density at radius 2 is 1.65 bits per heavy atom. The zero-order chi connectivity index (χ0) is 23.9. The molecule has 34 heavy (non-hydrogen) atoms. The lowest BCUT2D eigenvalue weighted by Gasteiger charge is -2.13. The van der Waals surface area contributed by atoms with Crippen molar-refractivity contribution in [3.63, 3.8) is 0 Å². The molecule has 0 saturated carbocycles. The number of hydrogen-bond acceptors (Lipinski definition) is 4. The molecule has 0 aromatic heterocycles. The molecule has 0 aliphatic carbocycles. The quantitative estimate of drug-likeness (QED) is 0.472. The molecular weight excluding hydrogens is 430 g/mol. The van der Waals surface area contributed by atoms with Crippen molar-refractivity contribution in [2.24, 2.45) is 0 Å². The highest BCUT2D eigenvalue weighted by Gasteiger charge is 2.23. The maximum Gasteiger partial charge on any atom is 0.257 e. The summed E-state index contributed by atoms with van der Waals surface area (Å²) in [6.45, 7) is 2.65. The molecule has 4 rings (SSSR count). The molecule has 7 heteroatoms. The van der Waals surface area contributed by atoms with Gasteiger partial charge in [-0.3, -0.25) is 14.4 Å². The lowest BCUT2D eigenvalue weighted by molar-refractivity contribution is -0.124. The highest BCUT2D eigenvalue weighted by Crippen LogP contribution is 2.21. The van der Waals surface area contributed by atoms with Gasteiger partial charge in [0.15, 0.2) is 0 Å². The first-order chi connectivity index (χ1) is 16.5. The van der Waals surface area contributed by atoms with Gasteiger partial charge in [-0.15, -0.1) is 0 Å². The first-order valence-electron chi connectivity index (χ1n) is 11.4. The Hall–Kier alpha value is -3.97. The fraction of sp³-hybridized carbons (Fsp3) is 0.222. The van der Waals surface area contributed by atoms with Gasteiger partial charge in [0.2, 0.25) is 0 Å². The van der Waals surface area contributed by atoms with Crippen LogP contribution in [-0.2, 0) is 16.0 Å². The molecule has 0 bridgehead atoms. The van der Waals surface area contributed by atoms with Crippen LogP contribution in [0.1, 0.15) is 46.0 Å². The Bertz CT molecular complexity index is 1180. The molecule has 174 valence electrons. The summed E-state index contributed by atoms with van der Waals surface area (Å²) < 4.78 is 5.40. The minimum atomic E-state index is -0.457. The predicted octanol–water partition coefficient (Wildman–Crippen LogP) is 4.87. The van der Waals surface area contributed by atoms with E-state index < -0.39 is 6.10 Å². The molecule has 1 unspecified atom stereocenters. The van der Waals surface area contributed by atoms with Crippen LogP contribution in [0, 0.1) is 0 Å². The summed E-state index contributed by atoms with van der Waals surface area (Å²) in [5, 5.41) is 8.48. The number of carbonyl (C=O) groups is 3. The van der Waals surface area contributed by atoms with Gasteiger partial charge in [-0.05, 0) is 67.3 Å². The molecule has 3 amide bonds. The van der Waals surface area contributed by atoms with E-state index in [-0.39, 0.29) is 17.7 Å². The molecule has 3 aromatic rings. The number of hydrogen-bond donors (Lipinski definition) is 3. The second-order valence-electron chi connectivity index (χ2n) is 8.08. The number of nitrogens with one attached hydrogen (secondary N) is 3. The van der Waals surface area contributed by atoms with Crippen molar-refractivity contribution in [2.75, 3.05) is 22.6 Å². The molecule has 1 aliphatic rings. The van der Waals surface area contributed by atoms with Gasteiger partial charge in [0.1, 0.15) is 6.10 Å². The summed E-state index contributed by atoms with van der Waals surface area (Å²) in [5.41, 5.74) is 3.46. The number of aryl methyl sites for hydroxylation is 1. The number of carbonyl (C=O) groups excluding carboxylic acids is 3. The SMILES string of the molecule is CCc1ccc(NC(=O)c2ccccc2NC(=O)c2cccc(NC(=O)C3CCCO3)c2)cc1. The second kappa shape index (κ2) is 10.8. The summed E-state index contributed by atoms with van der Waals surface area (Å²) in [4.78, 5) is 38.1. The number of amides is 3. The van der Waals surface area contributed by atoms with Crippen LogP contribution in [0.4, 0.5) is 17.1 Å². The average molecular weight is 458 g/mol. The van der Waals surface area contributed by atoms with Gasteiger partial charge < -0.3 is 20.7 Å². The van der Waals surface area contributed by atoms with Crippen LogP contribution in [0.15, 0.2) is 72.8 Å². The Morgan fingerprint density at radius 3 is 2.38 bits per heavy atom. The summed E-state index contributed by atoms with van der Waals surface area (Å²) in [5.74, 6) is -0.928. The number of rotatable bonds is 7. The maximum absolute atomic E-state index is 12.9. The zero-order valence-corrected chi connectivity index (χ0v) is 19.0. The third kappa shape index (κ3) is 5.68. The van der Waals surface area contributed by atoms with Crippen LogP contribution in [0.5, 0.6) is 0 Å². The van der Waals surface area contributed by atoms with Crippen molar-refractivity contribution in [1.29, 1.82) is 0 Å². The topological polar surface area (TPSA) is 96.5 Å². The van der Waals surface area contributed by atoms with Crippen molar-refractivity contribution in [3.05, 3.63) is 89.5 Å². The van der Waals surface area contributed by atoms with Crippen molar-refractivity contribution in [3.8, 4) is 0 Å². The van der Waals surface area contributed by atoms with Gasteiger partial charge in [-0.1, -0.05) is 37.3 Å². The monoisotopic (exact) mass is 457 g/mol. The third-order valence-corrected chi connectivity index (χ3v) is 5.65. The average Bonchev–Trinajstić information content (AvgIpc) is 3.40. The van der Waals surface area contributed by atoms with E-state index in [2.05, 4.69) is 22.9 Å². The Kier molecular flexibility index (Phi) is 7.34. The first-order valence-corrected chi connectivity index (χ1v) is 11.4. The van der Waals surface area contributed by atoms with Crippen LogP contribution in [0.2, 0.25) is 0 Å². The molecule has 1 heterocycles. The number of para-hydroxylation sites is 1. The van der Waals surface area contributed by atoms with E-state index in [9.17, 15) is 14.4 Å². The lowest BCUT2D eigenvalue weighted by atomic mass is 10.1. The molecule has 1 aliphatic heterocycles. The van der Waals surface area contributed by atoms with E-state index in [0.29, 0.717) is 41.2 Å². The van der Waals surface area contributed by atoms with Gasteiger partial charge >= 0.3 is 0 Å². The molecule has 3 N–H and O–H groups in total. The van der Waals surface area contributed by atoms with Gasteiger partial charge in [-0.25, -0.2) is 0 Å². The fourth-order valence-corrected chi connectivity index (χ4v) is 3.75. The Labute approximate surface area is 198 Å². The van der Waals surface area contributed by atoms with Crippen molar-refractivity contribution in [1.82, 2.24) is 0 Å². The van der Waals surface area contributed by atoms with Crippen LogP contribution in [-0.4, -0.2) is 30.4 Å². The molecule has 1 atom stereocenters. The highest BCUT2D eigenvalue weighted by molar-refractivity contribution is 6.12. The Balaban J connectivity index is 1.45. The molecule has 0 spiro atoms. The summed E-state index contributed by atoms with van der Waals surface area (Å²) >= 11 is 0. The van der Waals surface area contributed by atoms with E-state index in [4.69, 9.17) is 4.74 Å². The van der Waals surface area contributed by atoms with Crippen LogP contribution in [0.3, 0.4) is 0 Å². The molecule has 1 saturated heterocycles. The summed E-state index contributed by atoms with van der Waals surface area (Å²) in [6, 6.07) is 21.1. The van der Waals surface area contributed by atoms with E-state index in [0.717, 1.165) is 12.8 Å². The summed E-state index contributed by atoms with van der Waals surface area (Å²) in [6.07, 6.45) is 2.01. The smallest absolute Gasteiger partial charge is 0.257 e. The second-order valence-corrected chi connectivity index (χ2v) is 8.08. The van der Waals surface area contributed by atoms with Crippen molar-refractivity contribution >= 4 is 34.8 Å². The number of benzene rings is 3. The standard InChI is InChI=1S/C27H27N3O4/c1-2-18-12-14-20(15-13-18)28-26(32)22-9-3-4-10-23(22)30-25(31)19-7-5-8-21(17-19)29-27(33)24-11-6-16-34-24/h3-5,7-10,12-15,17,24H,2,6,11,16H2,1H3,(H,28,32)(H,29,33)(H,30,31). The minimum absolute atomic E-state index is 0.218. The predicted molar refractivity (Wildman–Crippen MR) is 132 cm³/mol. The molecule has 3 aromatic carbocycles. The molecule has 1 fully saturated rings. The lowest BCUT2D eigenvalue weighted by Crippen LogP contribution is -2.27. The zero-order valence-electron chi connectivity index (χ0n) is 19.0. The third-order valence-electron chi connectivity index (χ3n) is 5.65. The van der Waals surface area contributed by atoms with E-state index >= 15 is 0 Å². The Morgan fingerprint density at radius 1 is 0.853 bits per heavy atom. The van der Waals surface area contributed by atoms with Gasteiger partial charge in [0, 0.05) is 23.5 Å². The summed E-state index contributed by atoms with van der Waals surface area (Å²) in [7, 11) is 0. The van der Waals surface area contributed by atoms with E-state index in [1.807, 2.05) is 24.3 Å². The molecule has 0 radical (unpaired) electrons. The number of anilines is 3. The van der Waals surface area contributed by atoms with E-state index in [1.54, 1.807) is 48.5 Å². The van der Waals surface area contributed by atoms with Crippen molar-refractivity contribution in [2.45, 2.75) is 32.3 Å². The molecular formula is C27H27N3O4. The van der Waals surface area contributed by atoms with Gasteiger partial charge in [0.05, 0.1) is 11.3 Å². The van der Waals surface area contributed by atoms with Crippen molar-refractivity contribution < 1.29 is 19.1 Å². The van der Waals surface area contributed by atoms with E-state index in [1.165, 1.54) is 5.56 Å². The first kappa shape index (κ1) is 23.2. The maximum atomic E-state index is 12.9. The van der Waals surface area contributed by atoms with Crippen LogP contribution >= 0.6 is 0 Å².